The number of benzene rings is 2. The van der Waals surface area contributed by atoms with Gasteiger partial charge in [-0.3, -0.25) is 9.78 Å². The Labute approximate surface area is 156 Å². The molecule has 140 valence electrons. The zero-order valence-electron chi connectivity index (χ0n) is 14.3. The molecule has 2 heterocycles. The summed E-state index contributed by atoms with van der Waals surface area (Å²) in [7, 11) is 0. The number of hydrogen-bond acceptors (Lipinski definition) is 5. The molecule has 0 saturated heterocycles. The van der Waals surface area contributed by atoms with E-state index in [1.165, 1.54) is 30.5 Å². The molecule has 0 atom stereocenters. The van der Waals surface area contributed by atoms with E-state index in [-0.39, 0.29) is 35.0 Å². The summed E-state index contributed by atoms with van der Waals surface area (Å²) in [6.07, 6.45) is 1.25. The Morgan fingerprint density at radius 2 is 1.89 bits per heavy atom. The van der Waals surface area contributed by atoms with Gasteiger partial charge in [0.05, 0.1) is 5.69 Å². The summed E-state index contributed by atoms with van der Waals surface area (Å²) in [4.78, 5) is 35.7. The molecule has 2 aromatic heterocycles. The molecule has 9 heteroatoms. The van der Waals surface area contributed by atoms with E-state index in [9.17, 15) is 18.4 Å². The van der Waals surface area contributed by atoms with Gasteiger partial charge >= 0.3 is 5.69 Å². The largest absolute Gasteiger partial charge is 0.350 e. The maximum atomic E-state index is 13.7. The number of nitrogens with one attached hydrogen (secondary N) is 2. The summed E-state index contributed by atoms with van der Waals surface area (Å²) in [5.74, 6) is -0.829. The minimum atomic E-state index is -0.762. The summed E-state index contributed by atoms with van der Waals surface area (Å²) in [5, 5.41) is 2.90. The second kappa shape index (κ2) is 7.03. The lowest BCUT2D eigenvalue weighted by Crippen LogP contribution is -2.34. The van der Waals surface area contributed by atoms with Gasteiger partial charge in [-0.15, -0.1) is 0 Å². The average Bonchev–Trinajstić information content (AvgIpc) is 2.67. The topological polar surface area (TPSA) is 92.7 Å². The number of nitrogens with zero attached hydrogens (tertiary/aromatic N) is 3. The number of aromatic amines is 1. The Kier molecular flexibility index (Phi) is 4.40. The zero-order valence-corrected chi connectivity index (χ0v) is 14.3. The third kappa shape index (κ3) is 3.25. The summed E-state index contributed by atoms with van der Waals surface area (Å²) < 4.78 is 27.9. The second-order valence-electron chi connectivity index (χ2n) is 5.95. The van der Waals surface area contributed by atoms with Crippen LogP contribution in [0.1, 0.15) is 5.56 Å². The Hall–Kier alpha value is -3.88. The van der Waals surface area contributed by atoms with Crippen molar-refractivity contribution in [1.82, 2.24) is 19.5 Å². The van der Waals surface area contributed by atoms with Crippen LogP contribution >= 0.6 is 0 Å². The van der Waals surface area contributed by atoms with Crippen molar-refractivity contribution < 1.29 is 8.78 Å². The SMILES string of the molecule is O=c1[nH]c2nc(NCc3ccccc3F)ncc2c(=O)n1-c1cccc(F)c1. The third-order valence-electron chi connectivity index (χ3n) is 4.11. The molecule has 0 amide bonds. The van der Waals surface area contributed by atoms with Crippen molar-refractivity contribution in [3.8, 4) is 5.69 Å². The highest BCUT2D eigenvalue weighted by molar-refractivity contribution is 5.73. The van der Waals surface area contributed by atoms with Crippen molar-refractivity contribution in [1.29, 1.82) is 0 Å². The smallest absolute Gasteiger partial charge is 0.334 e. The molecule has 0 spiro atoms. The highest BCUT2D eigenvalue weighted by atomic mass is 19.1. The van der Waals surface area contributed by atoms with Crippen LogP contribution in [0.4, 0.5) is 14.7 Å². The Morgan fingerprint density at radius 1 is 1.07 bits per heavy atom. The number of halogens is 2. The fourth-order valence-corrected chi connectivity index (χ4v) is 2.75. The first-order valence-electron chi connectivity index (χ1n) is 8.28. The minimum absolute atomic E-state index is 0.0219. The number of H-pyrrole nitrogens is 1. The summed E-state index contributed by atoms with van der Waals surface area (Å²) >= 11 is 0. The predicted molar refractivity (Wildman–Crippen MR) is 99.4 cm³/mol. The van der Waals surface area contributed by atoms with Crippen molar-refractivity contribution in [2.45, 2.75) is 6.54 Å². The van der Waals surface area contributed by atoms with E-state index in [4.69, 9.17) is 0 Å². The lowest BCUT2D eigenvalue weighted by molar-refractivity contribution is 0.612. The standard InChI is InChI=1S/C19H13F2N5O2/c20-12-5-3-6-13(8-12)26-17(27)14-10-23-18(24-16(14)25-19(26)28)22-9-11-4-1-2-7-15(11)21/h1-8,10H,9H2,(H2,22,23,24,25,28). The molecule has 0 aliphatic heterocycles. The van der Waals surface area contributed by atoms with Crippen LogP contribution in [0.2, 0.25) is 0 Å². The van der Waals surface area contributed by atoms with Gasteiger partial charge in [-0.1, -0.05) is 24.3 Å². The minimum Gasteiger partial charge on any atom is -0.350 e. The van der Waals surface area contributed by atoms with Crippen LogP contribution in [0, 0.1) is 11.6 Å². The number of aromatic nitrogens is 4. The van der Waals surface area contributed by atoms with E-state index < -0.39 is 17.1 Å². The van der Waals surface area contributed by atoms with Crippen molar-refractivity contribution in [3.05, 3.63) is 92.8 Å². The molecule has 0 aliphatic rings. The highest BCUT2D eigenvalue weighted by Crippen LogP contribution is 2.11. The van der Waals surface area contributed by atoms with Crippen molar-refractivity contribution >= 4 is 17.0 Å². The van der Waals surface area contributed by atoms with E-state index >= 15 is 0 Å². The van der Waals surface area contributed by atoms with Gasteiger partial charge in [0.2, 0.25) is 5.95 Å². The third-order valence-corrected chi connectivity index (χ3v) is 4.11. The molecule has 28 heavy (non-hydrogen) atoms. The van der Waals surface area contributed by atoms with Gasteiger partial charge in [-0.2, -0.15) is 4.98 Å². The molecule has 7 nitrogen and oxygen atoms in total. The molecule has 2 aromatic carbocycles. The Morgan fingerprint density at radius 3 is 2.68 bits per heavy atom. The molecule has 0 aliphatic carbocycles. The van der Waals surface area contributed by atoms with Gasteiger partial charge in [0.1, 0.15) is 17.0 Å². The normalized spacial score (nSPS) is 10.9. The lowest BCUT2D eigenvalue weighted by atomic mass is 10.2. The summed E-state index contributed by atoms with van der Waals surface area (Å²) in [6, 6.07) is 11.4. The molecule has 0 radical (unpaired) electrons. The maximum absolute atomic E-state index is 13.7. The van der Waals surface area contributed by atoms with E-state index in [1.54, 1.807) is 18.2 Å². The number of hydrogen-bond donors (Lipinski definition) is 2. The fourth-order valence-electron chi connectivity index (χ4n) is 2.75. The first-order chi connectivity index (χ1) is 13.5. The van der Waals surface area contributed by atoms with Crippen LogP contribution in [0.5, 0.6) is 0 Å². The number of anilines is 1. The zero-order chi connectivity index (χ0) is 19.7. The van der Waals surface area contributed by atoms with Gasteiger partial charge in [-0.05, 0) is 24.3 Å². The quantitative estimate of drug-likeness (QED) is 0.566. The van der Waals surface area contributed by atoms with Gasteiger partial charge in [0.15, 0.2) is 5.65 Å². The molecule has 0 saturated carbocycles. The monoisotopic (exact) mass is 381 g/mol. The molecular formula is C19H13F2N5O2. The van der Waals surface area contributed by atoms with Gasteiger partial charge < -0.3 is 5.32 Å². The Balaban J connectivity index is 1.72. The van der Waals surface area contributed by atoms with Crippen LogP contribution in [-0.2, 0) is 6.54 Å². The second-order valence-corrected chi connectivity index (χ2v) is 5.95. The summed E-state index contributed by atoms with van der Waals surface area (Å²) in [5.41, 5.74) is -0.906. The number of rotatable bonds is 4. The molecular weight excluding hydrogens is 368 g/mol. The van der Waals surface area contributed by atoms with Crippen molar-refractivity contribution in [2.24, 2.45) is 0 Å². The average molecular weight is 381 g/mol. The molecule has 2 N–H and O–H groups in total. The van der Waals surface area contributed by atoms with Crippen molar-refractivity contribution in [3.63, 3.8) is 0 Å². The van der Waals surface area contributed by atoms with Crippen LogP contribution in [0.15, 0.2) is 64.3 Å². The summed E-state index contributed by atoms with van der Waals surface area (Å²) in [6.45, 7) is 0.128. The van der Waals surface area contributed by atoms with E-state index in [0.29, 0.717) is 5.56 Å². The van der Waals surface area contributed by atoms with Crippen LogP contribution in [0.3, 0.4) is 0 Å². The van der Waals surface area contributed by atoms with Gasteiger partial charge in [0, 0.05) is 18.3 Å². The van der Waals surface area contributed by atoms with E-state index in [2.05, 4.69) is 20.3 Å². The first kappa shape index (κ1) is 17.5. The van der Waals surface area contributed by atoms with E-state index in [0.717, 1.165) is 10.6 Å². The van der Waals surface area contributed by atoms with E-state index in [1.807, 2.05) is 0 Å². The van der Waals surface area contributed by atoms with Crippen LogP contribution in [-0.4, -0.2) is 19.5 Å². The molecule has 0 unspecified atom stereocenters. The van der Waals surface area contributed by atoms with Gasteiger partial charge in [-0.25, -0.2) is 23.1 Å². The Bertz CT molecular complexity index is 1300. The first-order valence-corrected chi connectivity index (χ1v) is 8.28. The molecule has 4 aromatic rings. The predicted octanol–water partition coefficient (Wildman–Crippen LogP) is 2.36. The number of fused-ring (bicyclic) bond motifs is 1. The van der Waals surface area contributed by atoms with Crippen molar-refractivity contribution in [2.75, 3.05) is 5.32 Å². The molecule has 4 rings (SSSR count). The fraction of sp³-hybridized carbons (Fsp3) is 0.0526. The lowest BCUT2D eigenvalue weighted by Gasteiger charge is -2.08. The van der Waals surface area contributed by atoms with Crippen LogP contribution < -0.4 is 16.6 Å². The maximum Gasteiger partial charge on any atom is 0.334 e. The van der Waals surface area contributed by atoms with Gasteiger partial charge in [0.25, 0.3) is 5.56 Å². The highest BCUT2D eigenvalue weighted by Gasteiger charge is 2.12. The molecule has 0 bridgehead atoms. The van der Waals surface area contributed by atoms with Crippen LogP contribution in [0.25, 0.3) is 16.7 Å². The molecule has 0 fully saturated rings.